The molecule has 0 aliphatic rings. The highest BCUT2D eigenvalue weighted by Gasteiger charge is 2.03. The van der Waals surface area contributed by atoms with E-state index in [0.29, 0.717) is 25.3 Å². The Morgan fingerprint density at radius 3 is 2.88 bits per heavy atom. The number of carbonyl (C=O) groups is 1. The lowest BCUT2D eigenvalue weighted by Crippen LogP contribution is -2.15. The number of hydrogen-bond donors (Lipinski definition) is 2. The van der Waals surface area contributed by atoms with Gasteiger partial charge in [0, 0.05) is 18.2 Å². The zero-order valence-electron chi connectivity index (χ0n) is 13.5. The third-order valence-corrected chi connectivity index (χ3v) is 3.00. The summed E-state index contributed by atoms with van der Waals surface area (Å²) in [6, 6.07) is 7.38. The Morgan fingerprint density at radius 1 is 1.33 bits per heavy atom. The molecule has 24 heavy (non-hydrogen) atoms. The fourth-order valence-corrected chi connectivity index (χ4v) is 1.92. The van der Waals surface area contributed by atoms with E-state index in [1.54, 1.807) is 11.0 Å². The first-order chi connectivity index (χ1) is 10.8. The number of rotatable bonds is 9. The van der Waals surface area contributed by atoms with Gasteiger partial charge >= 0.3 is 0 Å². The number of nitrogens with one attached hydrogen (secondary N) is 2. The smallest absolute Gasteiger partial charge is 0.224 e. The summed E-state index contributed by atoms with van der Waals surface area (Å²) < 4.78 is 7.35. The van der Waals surface area contributed by atoms with Gasteiger partial charge in [-0.25, -0.2) is 9.67 Å². The van der Waals surface area contributed by atoms with Crippen LogP contribution in [0.4, 0.5) is 5.69 Å². The highest BCUT2D eigenvalue weighted by molar-refractivity contribution is 5.90. The number of amides is 1. The van der Waals surface area contributed by atoms with Crippen LogP contribution in [0.15, 0.2) is 36.9 Å². The molecule has 0 saturated heterocycles. The SMILES string of the molecule is CNCCCC(=O)Nc1cccc(OCCn2cncn2)c1.Cl.Cl. The Kier molecular flexibility index (Phi) is 11.6. The molecule has 0 fully saturated rings. The van der Waals surface area contributed by atoms with E-state index in [1.165, 1.54) is 6.33 Å². The number of aromatic nitrogens is 3. The normalized spacial score (nSPS) is 9.54. The molecule has 0 aliphatic heterocycles. The van der Waals surface area contributed by atoms with Crippen molar-refractivity contribution >= 4 is 36.4 Å². The van der Waals surface area contributed by atoms with E-state index in [4.69, 9.17) is 4.74 Å². The van der Waals surface area contributed by atoms with Crippen molar-refractivity contribution in [1.29, 1.82) is 0 Å². The fourth-order valence-electron chi connectivity index (χ4n) is 1.92. The van der Waals surface area contributed by atoms with Crippen LogP contribution in [0.3, 0.4) is 0 Å². The second-order valence-corrected chi connectivity index (χ2v) is 4.79. The molecule has 1 aromatic carbocycles. The highest BCUT2D eigenvalue weighted by Crippen LogP contribution is 2.17. The molecule has 0 bridgehead atoms. The largest absolute Gasteiger partial charge is 0.492 e. The van der Waals surface area contributed by atoms with Gasteiger partial charge in [-0.15, -0.1) is 24.8 Å². The molecule has 2 aromatic rings. The number of nitrogens with zero attached hydrogens (tertiary/aromatic N) is 3. The summed E-state index contributed by atoms with van der Waals surface area (Å²) in [6.07, 6.45) is 4.45. The number of anilines is 1. The maximum Gasteiger partial charge on any atom is 0.224 e. The predicted octanol–water partition coefficient (Wildman–Crippen LogP) is 2.14. The minimum atomic E-state index is 0. The summed E-state index contributed by atoms with van der Waals surface area (Å²) >= 11 is 0. The van der Waals surface area contributed by atoms with E-state index in [1.807, 2.05) is 31.3 Å². The summed E-state index contributed by atoms with van der Waals surface area (Å²) in [6.45, 7) is 1.95. The lowest BCUT2D eigenvalue weighted by Gasteiger charge is -2.09. The van der Waals surface area contributed by atoms with Crippen molar-refractivity contribution in [2.24, 2.45) is 0 Å². The maximum atomic E-state index is 11.8. The maximum absolute atomic E-state index is 11.8. The third-order valence-electron chi connectivity index (χ3n) is 3.00. The van der Waals surface area contributed by atoms with Crippen LogP contribution in [0.2, 0.25) is 0 Å². The van der Waals surface area contributed by atoms with Gasteiger partial charge in [0.15, 0.2) is 0 Å². The molecule has 0 radical (unpaired) electrons. The Balaban J connectivity index is 0.00000264. The van der Waals surface area contributed by atoms with Gasteiger partial charge in [-0.3, -0.25) is 4.79 Å². The highest BCUT2D eigenvalue weighted by atomic mass is 35.5. The fraction of sp³-hybridized carbons (Fsp3) is 0.400. The molecule has 0 atom stereocenters. The zero-order valence-corrected chi connectivity index (χ0v) is 15.1. The predicted molar refractivity (Wildman–Crippen MR) is 98.2 cm³/mol. The van der Waals surface area contributed by atoms with Gasteiger partial charge in [0.2, 0.25) is 5.91 Å². The lowest BCUT2D eigenvalue weighted by molar-refractivity contribution is -0.116. The second-order valence-electron chi connectivity index (χ2n) is 4.79. The first-order valence-corrected chi connectivity index (χ1v) is 7.27. The molecule has 134 valence electrons. The lowest BCUT2D eigenvalue weighted by atomic mass is 10.2. The molecule has 0 saturated carbocycles. The van der Waals surface area contributed by atoms with Crippen molar-refractivity contribution in [3.8, 4) is 5.75 Å². The number of ether oxygens (including phenoxy) is 1. The molecular formula is C15H23Cl2N5O2. The Bertz CT molecular complexity index is 581. The molecule has 1 amide bonds. The van der Waals surface area contributed by atoms with E-state index in [-0.39, 0.29) is 30.7 Å². The van der Waals surface area contributed by atoms with Gasteiger partial charge in [-0.05, 0) is 32.1 Å². The van der Waals surface area contributed by atoms with Crippen molar-refractivity contribution in [3.05, 3.63) is 36.9 Å². The molecule has 0 spiro atoms. The van der Waals surface area contributed by atoms with Crippen molar-refractivity contribution in [2.75, 3.05) is 25.5 Å². The number of carbonyl (C=O) groups excluding carboxylic acids is 1. The van der Waals surface area contributed by atoms with Gasteiger partial charge in [0.05, 0.1) is 6.54 Å². The van der Waals surface area contributed by atoms with Crippen molar-refractivity contribution in [1.82, 2.24) is 20.1 Å². The van der Waals surface area contributed by atoms with E-state index in [9.17, 15) is 4.79 Å². The topological polar surface area (TPSA) is 81.1 Å². The molecule has 0 aliphatic carbocycles. The summed E-state index contributed by atoms with van der Waals surface area (Å²) in [5.74, 6) is 0.725. The molecule has 1 heterocycles. The quantitative estimate of drug-likeness (QED) is 0.656. The first kappa shape index (κ1) is 22.2. The van der Waals surface area contributed by atoms with Crippen molar-refractivity contribution in [2.45, 2.75) is 19.4 Å². The van der Waals surface area contributed by atoms with Gasteiger partial charge in [0.1, 0.15) is 25.0 Å². The van der Waals surface area contributed by atoms with Crippen LogP contribution in [-0.4, -0.2) is 40.9 Å². The molecule has 0 unspecified atom stereocenters. The first-order valence-electron chi connectivity index (χ1n) is 7.27. The summed E-state index contributed by atoms with van der Waals surface area (Å²) in [5, 5.41) is 9.89. The van der Waals surface area contributed by atoms with E-state index < -0.39 is 0 Å². The molecule has 9 heteroatoms. The monoisotopic (exact) mass is 375 g/mol. The van der Waals surface area contributed by atoms with Gasteiger partial charge in [0.25, 0.3) is 0 Å². The van der Waals surface area contributed by atoms with Crippen LogP contribution >= 0.6 is 24.8 Å². The van der Waals surface area contributed by atoms with E-state index in [2.05, 4.69) is 20.7 Å². The summed E-state index contributed by atoms with van der Waals surface area (Å²) in [4.78, 5) is 15.6. The van der Waals surface area contributed by atoms with Crippen molar-refractivity contribution < 1.29 is 9.53 Å². The zero-order chi connectivity index (χ0) is 15.6. The van der Waals surface area contributed by atoms with Crippen LogP contribution in [0, 0.1) is 0 Å². The average Bonchev–Trinajstić information content (AvgIpc) is 3.01. The molecule has 2 rings (SSSR count). The van der Waals surface area contributed by atoms with Crippen LogP contribution in [0.1, 0.15) is 12.8 Å². The summed E-state index contributed by atoms with van der Waals surface area (Å²) in [5.41, 5.74) is 0.743. The average molecular weight is 376 g/mol. The van der Waals surface area contributed by atoms with Crippen LogP contribution in [0.25, 0.3) is 0 Å². The van der Waals surface area contributed by atoms with Gasteiger partial charge in [-0.1, -0.05) is 6.07 Å². The standard InChI is InChI=1S/C15H21N5O2.2ClH/c1-16-7-3-6-15(21)19-13-4-2-5-14(10-13)22-9-8-20-12-17-11-18-20;;/h2,4-5,10-12,16H,3,6-9H2,1H3,(H,19,21);2*1H. The van der Waals surface area contributed by atoms with Crippen LogP contribution in [0.5, 0.6) is 5.75 Å². The third kappa shape index (κ3) is 8.14. The molecule has 2 N–H and O–H groups in total. The van der Waals surface area contributed by atoms with Gasteiger partial charge in [-0.2, -0.15) is 5.10 Å². The number of hydrogen-bond acceptors (Lipinski definition) is 5. The number of benzene rings is 1. The molecular weight excluding hydrogens is 353 g/mol. The minimum Gasteiger partial charge on any atom is -0.492 e. The Labute approximate surface area is 154 Å². The van der Waals surface area contributed by atoms with Crippen molar-refractivity contribution in [3.63, 3.8) is 0 Å². The Morgan fingerprint density at radius 2 is 2.17 bits per heavy atom. The molecule has 1 aromatic heterocycles. The van der Waals surface area contributed by atoms with E-state index in [0.717, 1.165) is 18.7 Å². The minimum absolute atomic E-state index is 0. The Hall–Kier alpha value is -1.83. The molecule has 7 nitrogen and oxygen atoms in total. The van der Waals surface area contributed by atoms with E-state index >= 15 is 0 Å². The van der Waals surface area contributed by atoms with Gasteiger partial charge < -0.3 is 15.4 Å². The van der Waals surface area contributed by atoms with Crippen LogP contribution < -0.4 is 15.4 Å². The number of halogens is 2. The van der Waals surface area contributed by atoms with Crippen LogP contribution in [-0.2, 0) is 11.3 Å². The second kappa shape index (κ2) is 12.6. The summed E-state index contributed by atoms with van der Waals surface area (Å²) in [7, 11) is 1.87.